The van der Waals surface area contributed by atoms with Crippen LogP contribution in [0.25, 0.3) is 11.0 Å². The van der Waals surface area contributed by atoms with Gasteiger partial charge in [0.2, 0.25) is 0 Å². The Balaban J connectivity index is 2.05. The van der Waals surface area contributed by atoms with E-state index in [0.29, 0.717) is 17.5 Å². The standard InChI is InChI=1S/C13H16N4O3/c1-8(3-6-12(18)19)14-13(20)9-4-5-11-10(7-9)15-16-17(11)2/h4-5,7-8H,3,6H2,1-2H3,(H,14,20)(H,18,19). The van der Waals surface area contributed by atoms with Gasteiger partial charge in [0.25, 0.3) is 5.91 Å². The van der Waals surface area contributed by atoms with Gasteiger partial charge in [-0.25, -0.2) is 4.68 Å². The van der Waals surface area contributed by atoms with Crippen molar-refractivity contribution >= 4 is 22.9 Å². The molecular formula is C13H16N4O3. The number of benzene rings is 1. The number of hydrogen-bond donors (Lipinski definition) is 2. The Labute approximate surface area is 115 Å². The number of carbonyl (C=O) groups excluding carboxylic acids is 1. The first-order valence-electron chi connectivity index (χ1n) is 6.29. The molecule has 0 bridgehead atoms. The van der Waals surface area contributed by atoms with E-state index in [-0.39, 0.29) is 18.4 Å². The number of carboxylic acid groups (broad SMARTS) is 1. The van der Waals surface area contributed by atoms with Crippen LogP contribution in [0.4, 0.5) is 0 Å². The third-order valence-electron chi connectivity index (χ3n) is 3.04. The summed E-state index contributed by atoms with van der Waals surface area (Å²) in [6, 6.07) is 4.95. The van der Waals surface area contributed by atoms with Crippen LogP contribution in [-0.2, 0) is 11.8 Å². The van der Waals surface area contributed by atoms with Crippen molar-refractivity contribution in [2.45, 2.75) is 25.8 Å². The van der Waals surface area contributed by atoms with Crippen molar-refractivity contribution in [3.63, 3.8) is 0 Å². The van der Waals surface area contributed by atoms with E-state index >= 15 is 0 Å². The van der Waals surface area contributed by atoms with Crippen LogP contribution < -0.4 is 5.32 Å². The lowest BCUT2D eigenvalue weighted by atomic mass is 10.1. The predicted octanol–water partition coefficient (Wildman–Crippen LogP) is 0.951. The minimum atomic E-state index is -0.868. The van der Waals surface area contributed by atoms with Crippen LogP contribution in [0, 0.1) is 0 Å². The topological polar surface area (TPSA) is 97.1 Å². The van der Waals surface area contributed by atoms with Crippen LogP contribution in [0.3, 0.4) is 0 Å². The number of fused-ring (bicyclic) bond motifs is 1. The van der Waals surface area contributed by atoms with Gasteiger partial charge in [-0.2, -0.15) is 0 Å². The van der Waals surface area contributed by atoms with Crippen molar-refractivity contribution in [1.82, 2.24) is 20.3 Å². The second-order valence-corrected chi connectivity index (χ2v) is 4.72. The van der Waals surface area contributed by atoms with Gasteiger partial charge < -0.3 is 10.4 Å². The monoisotopic (exact) mass is 276 g/mol. The number of amides is 1. The highest BCUT2D eigenvalue weighted by Crippen LogP contribution is 2.12. The van der Waals surface area contributed by atoms with E-state index in [0.717, 1.165) is 5.52 Å². The smallest absolute Gasteiger partial charge is 0.303 e. The molecule has 1 aromatic carbocycles. The van der Waals surface area contributed by atoms with Crippen molar-refractivity contribution in [2.24, 2.45) is 7.05 Å². The van der Waals surface area contributed by atoms with Gasteiger partial charge in [-0.15, -0.1) is 5.10 Å². The number of nitrogens with zero attached hydrogens (tertiary/aromatic N) is 3. The molecule has 0 spiro atoms. The summed E-state index contributed by atoms with van der Waals surface area (Å²) < 4.78 is 1.63. The first-order valence-corrected chi connectivity index (χ1v) is 6.29. The molecule has 0 saturated carbocycles. The maximum absolute atomic E-state index is 12.0. The second kappa shape index (κ2) is 5.68. The minimum absolute atomic E-state index is 0.0324. The Morgan fingerprint density at radius 3 is 2.90 bits per heavy atom. The zero-order valence-corrected chi connectivity index (χ0v) is 11.3. The number of nitrogens with one attached hydrogen (secondary N) is 1. The summed E-state index contributed by atoms with van der Waals surface area (Å²) in [4.78, 5) is 22.5. The second-order valence-electron chi connectivity index (χ2n) is 4.72. The van der Waals surface area contributed by atoms with Gasteiger partial charge in [-0.3, -0.25) is 9.59 Å². The summed E-state index contributed by atoms with van der Waals surface area (Å²) in [5.41, 5.74) is 1.99. The van der Waals surface area contributed by atoms with Gasteiger partial charge in [-0.1, -0.05) is 5.21 Å². The first kappa shape index (κ1) is 14.0. The molecule has 0 saturated heterocycles. The van der Waals surface area contributed by atoms with Gasteiger partial charge in [0.05, 0.1) is 5.52 Å². The number of aromatic nitrogens is 3. The normalized spacial score (nSPS) is 12.3. The van der Waals surface area contributed by atoms with E-state index in [1.807, 2.05) is 0 Å². The Hall–Kier alpha value is -2.44. The summed E-state index contributed by atoms with van der Waals surface area (Å²) >= 11 is 0. The molecule has 7 nitrogen and oxygen atoms in total. The first-order chi connectivity index (χ1) is 9.47. The lowest BCUT2D eigenvalue weighted by molar-refractivity contribution is -0.137. The lowest BCUT2D eigenvalue weighted by Crippen LogP contribution is -2.32. The quantitative estimate of drug-likeness (QED) is 0.847. The zero-order valence-electron chi connectivity index (χ0n) is 11.3. The third-order valence-corrected chi connectivity index (χ3v) is 3.04. The summed E-state index contributed by atoms with van der Waals surface area (Å²) in [6.45, 7) is 1.78. The van der Waals surface area contributed by atoms with Crippen molar-refractivity contribution in [3.8, 4) is 0 Å². The molecule has 7 heteroatoms. The number of aryl methyl sites for hydroxylation is 1. The number of rotatable bonds is 5. The summed E-state index contributed by atoms with van der Waals surface area (Å²) in [5.74, 6) is -1.11. The molecule has 2 N–H and O–H groups in total. The molecule has 1 unspecified atom stereocenters. The molecule has 0 aliphatic carbocycles. The van der Waals surface area contributed by atoms with E-state index in [1.54, 1.807) is 36.9 Å². The predicted molar refractivity (Wildman–Crippen MR) is 72.3 cm³/mol. The number of hydrogen-bond acceptors (Lipinski definition) is 4. The van der Waals surface area contributed by atoms with Gasteiger partial charge in [0.1, 0.15) is 5.52 Å². The molecule has 0 fully saturated rings. The van der Waals surface area contributed by atoms with E-state index in [9.17, 15) is 9.59 Å². The molecule has 1 atom stereocenters. The summed E-state index contributed by atoms with van der Waals surface area (Å²) in [5, 5.41) is 19.2. The molecule has 0 aliphatic rings. The van der Waals surface area contributed by atoms with Gasteiger partial charge >= 0.3 is 5.97 Å². The van der Waals surface area contributed by atoms with E-state index in [4.69, 9.17) is 5.11 Å². The Kier molecular flexibility index (Phi) is 3.97. The lowest BCUT2D eigenvalue weighted by Gasteiger charge is -2.12. The van der Waals surface area contributed by atoms with Crippen LogP contribution in [0.15, 0.2) is 18.2 Å². The van der Waals surface area contributed by atoms with Crippen LogP contribution in [0.1, 0.15) is 30.1 Å². The maximum atomic E-state index is 12.0. The zero-order chi connectivity index (χ0) is 14.7. The molecule has 1 amide bonds. The highest BCUT2D eigenvalue weighted by Gasteiger charge is 2.12. The molecular weight excluding hydrogens is 260 g/mol. The van der Waals surface area contributed by atoms with E-state index < -0.39 is 5.97 Å². The Morgan fingerprint density at radius 1 is 1.45 bits per heavy atom. The fraction of sp³-hybridized carbons (Fsp3) is 0.385. The fourth-order valence-corrected chi connectivity index (χ4v) is 1.90. The fourth-order valence-electron chi connectivity index (χ4n) is 1.90. The SMILES string of the molecule is CC(CCC(=O)O)NC(=O)c1ccc2c(c1)nnn2C. The molecule has 2 aromatic rings. The van der Waals surface area contributed by atoms with Gasteiger partial charge in [0.15, 0.2) is 0 Å². The average Bonchev–Trinajstić information content (AvgIpc) is 2.77. The summed E-state index contributed by atoms with van der Waals surface area (Å²) in [7, 11) is 1.78. The van der Waals surface area contributed by atoms with E-state index in [1.165, 1.54) is 0 Å². The van der Waals surface area contributed by atoms with Gasteiger partial charge in [0, 0.05) is 25.1 Å². The molecule has 1 heterocycles. The Morgan fingerprint density at radius 2 is 2.20 bits per heavy atom. The van der Waals surface area contributed by atoms with Crippen molar-refractivity contribution in [3.05, 3.63) is 23.8 Å². The third kappa shape index (κ3) is 3.11. The number of carbonyl (C=O) groups is 2. The molecule has 0 radical (unpaired) electrons. The number of aliphatic carboxylic acids is 1. The highest BCUT2D eigenvalue weighted by atomic mass is 16.4. The van der Waals surface area contributed by atoms with E-state index in [2.05, 4.69) is 15.6 Å². The highest BCUT2D eigenvalue weighted by molar-refractivity contribution is 5.97. The molecule has 20 heavy (non-hydrogen) atoms. The maximum Gasteiger partial charge on any atom is 0.303 e. The minimum Gasteiger partial charge on any atom is -0.481 e. The van der Waals surface area contributed by atoms with Crippen LogP contribution in [0.2, 0.25) is 0 Å². The van der Waals surface area contributed by atoms with Crippen LogP contribution >= 0.6 is 0 Å². The number of carboxylic acids is 1. The largest absolute Gasteiger partial charge is 0.481 e. The van der Waals surface area contributed by atoms with Gasteiger partial charge in [-0.05, 0) is 31.5 Å². The van der Waals surface area contributed by atoms with Crippen LogP contribution in [-0.4, -0.2) is 38.0 Å². The van der Waals surface area contributed by atoms with Crippen molar-refractivity contribution < 1.29 is 14.7 Å². The Bertz CT molecular complexity index is 650. The summed E-state index contributed by atoms with van der Waals surface area (Å²) in [6.07, 6.45) is 0.430. The van der Waals surface area contributed by atoms with Crippen molar-refractivity contribution in [2.75, 3.05) is 0 Å². The molecule has 1 aromatic heterocycles. The van der Waals surface area contributed by atoms with Crippen LogP contribution in [0.5, 0.6) is 0 Å². The molecule has 106 valence electrons. The average molecular weight is 276 g/mol. The molecule has 0 aliphatic heterocycles. The molecule has 2 rings (SSSR count). The van der Waals surface area contributed by atoms with Crippen molar-refractivity contribution in [1.29, 1.82) is 0 Å².